The molecular formula is C14H19F2NO2. The Balaban J connectivity index is 2.89. The molecule has 0 aliphatic rings. The lowest BCUT2D eigenvalue weighted by Crippen LogP contribution is -2.30. The quantitative estimate of drug-likeness (QED) is 0.864. The van der Waals surface area contributed by atoms with E-state index in [0.717, 1.165) is 12.1 Å². The number of aliphatic hydroxyl groups excluding tert-OH is 1. The first-order valence-corrected chi connectivity index (χ1v) is 6.24. The van der Waals surface area contributed by atoms with Crippen molar-refractivity contribution >= 4 is 5.91 Å². The smallest absolute Gasteiger partial charge is 0.254 e. The first kappa shape index (κ1) is 15.6. The summed E-state index contributed by atoms with van der Waals surface area (Å²) < 4.78 is 27.5. The highest BCUT2D eigenvalue weighted by Gasteiger charge is 2.17. The topological polar surface area (TPSA) is 49.3 Å². The van der Waals surface area contributed by atoms with Crippen molar-refractivity contribution in [3.8, 4) is 0 Å². The third-order valence-electron chi connectivity index (χ3n) is 2.88. The molecule has 2 N–H and O–H groups in total. The number of aliphatic hydroxyl groups is 1. The molecule has 3 nitrogen and oxygen atoms in total. The van der Waals surface area contributed by atoms with E-state index in [2.05, 4.69) is 5.32 Å². The zero-order chi connectivity index (χ0) is 14.6. The molecule has 1 amide bonds. The Morgan fingerprint density at radius 3 is 2.42 bits per heavy atom. The van der Waals surface area contributed by atoms with E-state index in [4.69, 9.17) is 5.11 Å². The first-order chi connectivity index (χ1) is 8.86. The minimum absolute atomic E-state index is 0.0799. The normalized spacial score (nSPS) is 12.6. The second kappa shape index (κ2) is 6.61. The molecule has 1 aromatic carbocycles. The fourth-order valence-corrected chi connectivity index (χ4v) is 1.61. The monoisotopic (exact) mass is 271 g/mol. The van der Waals surface area contributed by atoms with Crippen molar-refractivity contribution in [2.75, 3.05) is 13.2 Å². The van der Waals surface area contributed by atoms with Crippen molar-refractivity contribution in [2.45, 2.75) is 26.7 Å². The van der Waals surface area contributed by atoms with Crippen LogP contribution in [-0.2, 0) is 0 Å². The highest BCUT2D eigenvalue weighted by molar-refractivity contribution is 5.94. The van der Waals surface area contributed by atoms with Gasteiger partial charge in [0, 0.05) is 13.2 Å². The van der Waals surface area contributed by atoms with Crippen LogP contribution in [0.2, 0.25) is 0 Å². The van der Waals surface area contributed by atoms with E-state index < -0.39 is 17.5 Å². The molecule has 1 unspecified atom stereocenters. The molecule has 5 heteroatoms. The van der Waals surface area contributed by atoms with Crippen molar-refractivity contribution in [2.24, 2.45) is 5.92 Å². The van der Waals surface area contributed by atoms with E-state index in [0.29, 0.717) is 0 Å². The van der Waals surface area contributed by atoms with Gasteiger partial charge in [-0.05, 0) is 29.5 Å². The molecule has 19 heavy (non-hydrogen) atoms. The van der Waals surface area contributed by atoms with E-state index >= 15 is 0 Å². The number of halogens is 2. The summed E-state index contributed by atoms with van der Waals surface area (Å²) in [5, 5.41) is 11.3. The Hall–Kier alpha value is -1.49. The van der Waals surface area contributed by atoms with Crippen LogP contribution in [0.25, 0.3) is 0 Å². The molecule has 0 aliphatic carbocycles. The van der Waals surface area contributed by atoms with Crippen molar-refractivity contribution in [3.05, 3.63) is 34.9 Å². The highest BCUT2D eigenvalue weighted by atomic mass is 19.1. The summed E-state index contributed by atoms with van der Waals surface area (Å²) >= 11 is 0. The Labute approximate surface area is 111 Å². The molecule has 0 aromatic heterocycles. The molecule has 0 aliphatic heterocycles. The van der Waals surface area contributed by atoms with E-state index in [1.165, 1.54) is 0 Å². The van der Waals surface area contributed by atoms with E-state index in [1.54, 1.807) is 20.8 Å². The third-order valence-corrected chi connectivity index (χ3v) is 2.88. The maximum atomic E-state index is 13.8. The Bertz CT molecular complexity index is 461. The van der Waals surface area contributed by atoms with Gasteiger partial charge in [-0.1, -0.05) is 20.8 Å². The molecule has 0 heterocycles. The summed E-state index contributed by atoms with van der Waals surface area (Å²) in [7, 11) is 0. The van der Waals surface area contributed by atoms with Gasteiger partial charge in [0.05, 0.1) is 5.56 Å². The summed E-state index contributed by atoms with van der Waals surface area (Å²) in [5.41, 5.74) is -0.0650. The summed E-state index contributed by atoms with van der Waals surface area (Å²) in [6, 6.07) is 1.98. The summed E-state index contributed by atoms with van der Waals surface area (Å²) in [6.45, 7) is 5.37. The lowest BCUT2D eigenvalue weighted by molar-refractivity contribution is 0.0937. The maximum Gasteiger partial charge on any atom is 0.254 e. The minimum atomic E-state index is -0.737. The van der Waals surface area contributed by atoms with Crippen molar-refractivity contribution in [1.29, 1.82) is 0 Å². The van der Waals surface area contributed by atoms with Gasteiger partial charge in [-0.3, -0.25) is 4.79 Å². The van der Waals surface area contributed by atoms with E-state index in [9.17, 15) is 13.6 Å². The van der Waals surface area contributed by atoms with Crippen LogP contribution in [0.15, 0.2) is 12.1 Å². The lowest BCUT2D eigenvalue weighted by Gasteiger charge is -2.12. The van der Waals surface area contributed by atoms with Gasteiger partial charge in [0.15, 0.2) is 0 Å². The molecule has 0 saturated heterocycles. The molecule has 1 aromatic rings. The molecule has 0 fully saturated rings. The molecule has 1 atom stereocenters. The third kappa shape index (κ3) is 3.99. The summed E-state index contributed by atoms with van der Waals surface area (Å²) in [4.78, 5) is 11.7. The molecule has 0 radical (unpaired) electrons. The molecule has 106 valence electrons. The lowest BCUT2D eigenvalue weighted by atomic mass is 10.00. The first-order valence-electron chi connectivity index (χ1n) is 6.24. The van der Waals surface area contributed by atoms with Gasteiger partial charge in [-0.2, -0.15) is 0 Å². The number of carbonyl (C=O) groups excluding carboxylic acids is 1. The Morgan fingerprint density at radius 2 is 1.89 bits per heavy atom. The van der Waals surface area contributed by atoms with Crippen LogP contribution in [0.5, 0.6) is 0 Å². The van der Waals surface area contributed by atoms with Crippen LogP contribution in [0.1, 0.15) is 42.6 Å². The van der Waals surface area contributed by atoms with Crippen LogP contribution >= 0.6 is 0 Å². The SMILES string of the molecule is CC(CO)CNC(=O)c1cc(F)c(C(C)C)cc1F. The van der Waals surface area contributed by atoms with Crippen molar-refractivity contribution in [3.63, 3.8) is 0 Å². The zero-order valence-corrected chi connectivity index (χ0v) is 11.3. The Morgan fingerprint density at radius 1 is 1.26 bits per heavy atom. The molecule has 0 bridgehead atoms. The molecule has 1 rings (SSSR count). The van der Waals surface area contributed by atoms with E-state index in [1.807, 2.05) is 0 Å². The number of hydrogen-bond donors (Lipinski definition) is 2. The van der Waals surface area contributed by atoms with Gasteiger partial charge in [0.25, 0.3) is 5.91 Å². The largest absolute Gasteiger partial charge is 0.396 e. The Kier molecular flexibility index (Phi) is 5.42. The maximum absolute atomic E-state index is 13.8. The van der Waals surface area contributed by atoms with Gasteiger partial charge in [0.1, 0.15) is 11.6 Å². The minimum Gasteiger partial charge on any atom is -0.396 e. The van der Waals surface area contributed by atoms with Gasteiger partial charge in [-0.25, -0.2) is 8.78 Å². The van der Waals surface area contributed by atoms with Crippen LogP contribution in [0, 0.1) is 17.6 Å². The average Bonchev–Trinajstić information content (AvgIpc) is 2.37. The molecule has 0 saturated carbocycles. The van der Waals surface area contributed by atoms with Gasteiger partial charge in [-0.15, -0.1) is 0 Å². The second-order valence-corrected chi connectivity index (χ2v) is 5.01. The highest BCUT2D eigenvalue weighted by Crippen LogP contribution is 2.22. The average molecular weight is 271 g/mol. The number of amides is 1. The van der Waals surface area contributed by atoms with Gasteiger partial charge in [0.2, 0.25) is 0 Å². The van der Waals surface area contributed by atoms with Gasteiger partial charge >= 0.3 is 0 Å². The number of carbonyl (C=O) groups is 1. The number of benzene rings is 1. The predicted octanol–water partition coefficient (Wildman–Crippen LogP) is 2.45. The van der Waals surface area contributed by atoms with Gasteiger partial charge < -0.3 is 10.4 Å². The summed E-state index contributed by atoms with van der Waals surface area (Å²) in [6.07, 6.45) is 0. The predicted molar refractivity (Wildman–Crippen MR) is 69.0 cm³/mol. The number of hydrogen-bond acceptors (Lipinski definition) is 2. The van der Waals surface area contributed by atoms with E-state index in [-0.39, 0.29) is 36.1 Å². The molecular weight excluding hydrogens is 252 g/mol. The fraction of sp³-hybridized carbons (Fsp3) is 0.500. The van der Waals surface area contributed by atoms with Crippen LogP contribution < -0.4 is 5.32 Å². The number of nitrogens with one attached hydrogen (secondary N) is 1. The summed E-state index contributed by atoms with van der Waals surface area (Å²) in [5.74, 6) is -2.28. The van der Waals surface area contributed by atoms with Crippen molar-refractivity contribution in [1.82, 2.24) is 5.32 Å². The zero-order valence-electron chi connectivity index (χ0n) is 11.3. The molecule has 0 spiro atoms. The fourth-order valence-electron chi connectivity index (χ4n) is 1.61. The van der Waals surface area contributed by atoms with Crippen LogP contribution in [0.3, 0.4) is 0 Å². The van der Waals surface area contributed by atoms with Crippen molar-refractivity contribution < 1.29 is 18.7 Å². The van der Waals surface area contributed by atoms with Crippen LogP contribution in [-0.4, -0.2) is 24.2 Å². The second-order valence-electron chi connectivity index (χ2n) is 5.01. The van der Waals surface area contributed by atoms with Crippen LogP contribution in [0.4, 0.5) is 8.78 Å². The standard InChI is InChI=1S/C14H19F2NO2/c1-8(2)10-4-13(16)11(5-12(10)15)14(19)17-6-9(3)7-18/h4-5,8-9,18H,6-7H2,1-3H3,(H,17,19). The number of rotatable bonds is 5.